The van der Waals surface area contributed by atoms with Gasteiger partial charge < -0.3 is 0 Å². The molecule has 250 valence electrons. The van der Waals surface area contributed by atoms with Gasteiger partial charge in [0.1, 0.15) is 0 Å². The molecule has 11 rings (SSSR count). The van der Waals surface area contributed by atoms with Crippen molar-refractivity contribution in [1.82, 2.24) is 15.0 Å². The summed E-state index contributed by atoms with van der Waals surface area (Å²) in [6.45, 7) is 0. The van der Waals surface area contributed by atoms with E-state index in [1.165, 1.54) is 65.0 Å². The molecule has 0 aliphatic heterocycles. The summed E-state index contributed by atoms with van der Waals surface area (Å²) in [5.74, 6) is 0.678. The molecule has 0 radical (unpaired) electrons. The molecule has 0 atom stereocenters. The van der Waals surface area contributed by atoms with E-state index in [9.17, 15) is 0 Å². The van der Waals surface area contributed by atoms with Gasteiger partial charge in [0.25, 0.3) is 0 Å². The smallest absolute Gasteiger partial charge is 0.161 e. The highest BCUT2D eigenvalue weighted by atomic mass is 14.9. The maximum absolute atomic E-state index is 5.36. The molecule has 9 aromatic carbocycles. The molecular weight excluding hydrogens is 655 g/mol. The van der Waals surface area contributed by atoms with Crippen molar-refractivity contribution in [3.05, 3.63) is 188 Å². The van der Waals surface area contributed by atoms with Gasteiger partial charge in [-0.3, -0.25) is 4.98 Å². The molecule has 0 spiro atoms. The second kappa shape index (κ2) is 12.2. The minimum Gasteiger partial charge on any atom is -0.264 e. The first-order valence-electron chi connectivity index (χ1n) is 18.3. The van der Waals surface area contributed by atoms with E-state index in [-0.39, 0.29) is 0 Å². The Bertz CT molecular complexity index is 3190. The maximum atomic E-state index is 5.36. The number of hydrogen-bond acceptors (Lipinski definition) is 3. The molecule has 0 N–H and O–H groups in total. The molecule has 2 aromatic heterocycles. The first-order valence-corrected chi connectivity index (χ1v) is 18.3. The third-order valence-corrected chi connectivity index (χ3v) is 10.9. The largest absolute Gasteiger partial charge is 0.264 e. The van der Waals surface area contributed by atoms with Crippen LogP contribution < -0.4 is 0 Å². The predicted octanol–water partition coefficient (Wildman–Crippen LogP) is 13.4. The Balaban J connectivity index is 1.12. The Labute approximate surface area is 312 Å². The molecule has 0 saturated carbocycles. The third kappa shape index (κ3) is 4.87. The highest BCUT2D eigenvalue weighted by Crippen LogP contribution is 2.41. The van der Waals surface area contributed by atoms with Crippen molar-refractivity contribution >= 4 is 53.9 Å². The zero-order valence-electron chi connectivity index (χ0n) is 29.2. The Morgan fingerprint density at radius 1 is 0.315 bits per heavy atom. The summed E-state index contributed by atoms with van der Waals surface area (Å²) >= 11 is 0. The zero-order chi connectivity index (χ0) is 35.6. The average Bonchev–Trinajstić information content (AvgIpc) is 3.25. The Kier molecular flexibility index (Phi) is 6.86. The van der Waals surface area contributed by atoms with E-state index in [1.54, 1.807) is 6.20 Å². The van der Waals surface area contributed by atoms with E-state index in [1.807, 2.05) is 12.3 Å². The highest BCUT2D eigenvalue weighted by molar-refractivity contribution is 6.25. The third-order valence-electron chi connectivity index (χ3n) is 10.9. The van der Waals surface area contributed by atoms with Crippen LogP contribution in [0.1, 0.15) is 0 Å². The number of benzene rings is 9. The van der Waals surface area contributed by atoms with Gasteiger partial charge in [-0.05, 0) is 88.8 Å². The Morgan fingerprint density at radius 3 is 1.78 bits per heavy atom. The second-order valence-electron chi connectivity index (χ2n) is 14.0. The van der Waals surface area contributed by atoms with Gasteiger partial charge in [0, 0.05) is 34.6 Å². The van der Waals surface area contributed by atoms with E-state index in [4.69, 9.17) is 9.97 Å². The molecule has 0 bridgehead atoms. The summed E-state index contributed by atoms with van der Waals surface area (Å²) in [7, 11) is 0. The summed E-state index contributed by atoms with van der Waals surface area (Å²) in [4.78, 5) is 15.1. The van der Waals surface area contributed by atoms with Crippen LogP contribution in [0, 0.1) is 0 Å². The first kappa shape index (κ1) is 30.4. The van der Waals surface area contributed by atoms with Crippen molar-refractivity contribution < 1.29 is 0 Å². The minimum atomic E-state index is 0.678. The van der Waals surface area contributed by atoms with Crippen molar-refractivity contribution in [2.24, 2.45) is 0 Å². The normalized spacial score (nSPS) is 11.7. The lowest BCUT2D eigenvalue weighted by atomic mass is 9.90. The lowest BCUT2D eigenvalue weighted by Crippen LogP contribution is -1.98. The minimum absolute atomic E-state index is 0.678. The van der Waals surface area contributed by atoms with Crippen molar-refractivity contribution in [3.8, 4) is 56.2 Å². The molecule has 3 heteroatoms. The van der Waals surface area contributed by atoms with E-state index in [2.05, 4.69) is 175 Å². The topological polar surface area (TPSA) is 38.7 Å². The lowest BCUT2D eigenvalue weighted by molar-refractivity contribution is 1.18. The fourth-order valence-corrected chi connectivity index (χ4v) is 8.38. The SMILES string of the molecule is c1cncc(-c2ccccc2-c2nc(-c3ccc(-c4cc5ccccc5c5ccccc45)cc3)cc(-c3ccc4ccc5cccc6ccc3c4c56)n2)c1. The van der Waals surface area contributed by atoms with E-state index < -0.39 is 0 Å². The molecule has 0 aliphatic carbocycles. The molecule has 0 saturated heterocycles. The van der Waals surface area contributed by atoms with Crippen LogP contribution in [0.2, 0.25) is 0 Å². The van der Waals surface area contributed by atoms with Crippen LogP contribution in [0.25, 0.3) is 110 Å². The van der Waals surface area contributed by atoms with Gasteiger partial charge in [0.05, 0.1) is 11.4 Å². The predicted molar refractivity (Wildman–Crippen MR) is 226 cm³/mol. The molecule has 0 amide bonds. The lowest BCUT2D eigenvalue weighted by Gasteiger charge is -2.16. The zero-order valence-corrected chi connectivity index (χ0v) is 29.2. The van der Waals surface area contributed by atoms with E-state index in [0.717, 1.165) is 39.2 Å². The number of aromatic nitrogens is 3. The molecule has 54 heavy (non-hydrogen) atoms. The van der Waals surface area contributed by atoms with Gasteiger partial charge in [0.2, 0.25) is 0 Å². The van der Waals surface area contributed by atoms with Crippen molar-refractivity contribution in [2.75, 3.05) is 0 Å². The van der Waals surface area contributed by atoms with Gasteiger partial charge in [-0.2, -0.15) is 0 Å². The van der Waals surface area contributed by atoms with Crippen LogP contribution in [0.5, 0.6) is 0 Å². The number of fused-ring (bicyclic) bond motifs is 3. The van der Waals surface area contributed by atoms with Gasteiger partial charge in [0.15, 0.2) is 5.82 Å². The van der Waals surface area contributed by atoms with Gasteiger partial charge in [-0.1, -0.05) is 158 Å². The van der Waals surface area contributed by atoms with Crippen molar-refractivity contribution in [3.63, 3.8) is 0 Å². The average molecular weight is 686 g/mol. The summed E-state index contributed by atoms with van der Waals surface area (Å²) in [5, 5.41) is 12.5. The van der Waals surface area contributed by atoms with Crippen LogP contribution in [0.15, 0.2) is 188 Å². The molecular formula is C51H31N3. The first-order chi connectivity index (χ1) is 26.8. The number of hydrogen-bond donors (Lipinski definition) is 0. The molecule has 2 heterocycles. The quantitative estimate of drug-likeness (QED) is 0.169. The van der Waals surface area contributed by atoms with Crippen LogP contribution in [0.3, 0.4) is 0 Å². The molecule has 3 nitrogen and oxygen atoms in total. The van der Waals surface area contributed by atoms with Crippen LogP contribution >= 0.6 is 0 Å². The van der Waals surface area contributed by atoms with Crippen molar-refractivity contribution in [2.45, 2.75) is 0 Å². The number of pyridine rings is 1. The molecule has 0 fully saturated rings. The van der Waals surface area contributed by atoms with E-state index >= 15 is 0 Å². The number of rotatable bonds is 5. The fraction of sp³-hybridized carbons (Fsp3) is 0. The van der Waals surface area contributed by atoms with Crippen LogP contribution in [-0.2, 0) is 0 Å². The fourth-order valence-electron chi connectivity index (χ4n) is 8.38. The second-order valence-corrected chi connectivity index (χ2v) is 14.0. The molecule has 0 aliphatic rings. The van der Waals surface area contributed by atoms with E-state index in [0.29, 0.717) is 5.82 Å². The standard InChI is InChI=1S/C51H31N3/c1-2-13-39-37(9-1)29-46(42-16-5-4-15-41(39)42)32-18-20-33(21-19-32)47-30-48(54-51(53-47)45-17-6-3-14-40(45)38-12-8-28-52-31-38)43-26-24-36-23-22-34-10-7-11-35-25-27-44(43)50(36)49(34)35/h1-31H. The maximum Gasteiger partial charge on any atom is 0.161 e. The number of nitrogens with zero attached hydrogens (tertiary/aromatic N) is 3. The summed E-state index contributed by atoms with van der Waals surface area (Å²) < 4.78 is 0. The Morgan fingerprint density at radius 2 is 0.963 bits per heavy atom. The van der Waals surface area contributed by atoms with Gasteiger partial charge in [-0.25, -0.2) is 9.97 Å². The van der Waals surface area contributed by atoms with Gasteiger partial charge in [-0.15, -0.1) is 0 Å². The Hall–Kier alpha value is -7.23. The monoisotopic (exact) mass is 685 g/mol. The highest BCUT2D eigenvalue weighted by Gasteiger charge is 2.18. The van der Waals surface area contributed by atoms with Crippen LogP contribution in [0.4, 0.5) is 0 Å². The molecule has 0 unspecified atom stereocenters. The summed E-state index contributed by atoms with van der Waals surface area (Å²) in [6.07, 6.45) is 3.71. The summed E-state index contributed by atoms with van der Waals surface area (Å²) in [6, 6.07) is 63.0. The van der Waals surface area contributed by atoms with Crippen LogP contribution in [-0.4, -0.2) is 15.0 Å². The van der Waals surface area contributed by atoms with Crippen molar-refractivity contribution in [1.29, 1.82) is 0 Å². The summed E-state index contributed by atoms with van der Waals surface area (Å²) in [5.41, 5.74) is 9.30. The molecule has 11 aromatic rings. The van der Waals surface area contributed by atoms with Gasteiger partial charge >= 0.3 is 0 Å².